The summed E-state index contributed by atoms with van der Waals surface area (Å²) in [4.78, 5) is 15.2. The minimum absolute atomic E-state index is 0.126. The van der Waals surface area contributed by atoms with E-state index in [0.29, 0.717) is 5.82 Å². The van der Waals surface area contributed by atoms with Gasteiger partial charge in [-0.25, -0.2) is 9.78 Å². The average Bonchev–Trinajstić information content (AvgIpc) is 2.37. The van der Waals surface area contributed by atoms with Crippen LogP contribution in [0.4, 0.5) is 10.6 Å². The molecule has 104 valence electrons. The maximum atomic E-state index is 10.8. The molecule has 0 saturated heterocycles. The maximum absolute atomic E-state index is 10.8. The fraction of sp³-hybridized carbons (Fsp3) is 0.250. The standard InChI is InChI=1S/C16H19N3O/c1-16(2,3)12-9-7-11(8-10-12)13-5-4-6-14(18-13)19-15(17)20/h4-10H,1-3H3,(H3,17,18,19,20). The van der Waals surface area contributed by atoms with E-state index in [2.05, 4.69) is 43.2 Å². The summed E-state index contributed by atoms with van der Waals surface area (Å²) in [5.41, 5.74) is 8.30. The fourth-order valence-corrected chi connectivity index (χ4v) is 1.93. The van der Waals surface area contributed by atoms with Crippen LogP contribution in [0.15, 0.2) is 42.5 Å². The van der Waals surface area contributed by atoms with Gasteiger partial charge in [0, 0.05) is 5.56 Å². The number of benzene rings is 1. The summed E-state index contributed by atoms with van der Waals surface area (Å²) in [6.45, 7) is 6.53. The lowest BCUT2D eigenvalue weighted by Crippen LogP contribution is -2.20. The molecule has 4 heteroatoms. The van der Waals surface area contributed by atoms with E-state index in [1.54, 1.807) is 6.07 Å². The van der Waals surface area contributed by atoms with Gasteiger partial charge in [-0.15, -0.1) is 0 Å². The highest BCUT2D eigenvalue weighted by Crippen LogP contribution is 2.25. The lowest BCUT2D eigenvalue weighted by Gasteiger charge is -2.19. The number of carbonyl (C=O) groups excluding carboxylic acids is 1. The van der Waals surface area contributed by atoms with Crippen molar-refractivity contribution in [2.75, 3.05) is 5.32 Å². The Balaban J connectivity index is 2.30. The second kappa shape index (κ2) is 5.33. The van der Waals surface area contributed by atoms with E-state index in [9.17, 15) is 4.79 Å². The molecular weight excluding hydrogens is 250 g/mol. The Bertz CT molecular complexity index is 612. The number of carbonyl (C=O) groups is 1. The topological polar surface area (TPSA) is 68.0 Å². The molecule has 0 unspecified atom stereocenters. The zero-order valence-electron chi connectivity index (χ0n) is 12.0. The highest BCUT2D eigenvalue weighted by Gasteiger charge is 2.13. The van der Waals surface area contributed by atoms with E-state index in [1.165, 1.54) is 5.56 Å². The summed E-state index contributed by atoms with van der Waals surface area (Å²) in [6.07, 6.45) is 0. The number of hydrogen-bond acceptors (Lipinski definition) is 2. The molecule has 0 bridgehead atoms. The number of aromatic nitrogens is 1. The minimum atomic E-state index is -0.613. The molecule has 0 aliphatic rings. The van der Waals surface area contributed by atoms with Crippen molar-refractivity contribution in [2.24, 2.45) is 5.73 Å². The van der Waals surface area contributed by atoms with Crippen LogP contribution in [0, 0.1) is 0 Å². The van der Waals surface area contributed by atoms with E-state index >= 15 is 0 Å². The van der Waals surface area contributed by atoms with Crippen LogP contribution in [0.1, 0.15) is 26.3 Å². The van der Waals surface area contributed by atoms with E-state index < -0.39 is 6.03 Å². The molecule has 3 N–H and O–H groups in total. The van der Waals surface area contributed by atoms with Gasteiger partial charge in [0.2, 0.25) is 0 Å². The number of hydrogen-bond donors (Lipinski definition) is 2. The Kier molecular flexibility index (Phi) is 3.74. The highest BCUT2D eigenvalue weighted by atomic mass is 16.2. The van der Waals surface area contributed by atoms with Gasteiger partial charge in [0.25, 0.3) is 0 Å². The van der Waals surface area contributed by atoms with Crippen LogP contribution < -0.4 is 11.1 Å². The minimum Gasteiger partial charge on any atom is -0.351 e. The summed E-state index contributed by atoms with van der Waals surface area (Å²) >= 11 is 0. The summed E-state index contributed by atoms with van der Waals surface area (Å²) < 4.78 is 0. The molecule has 1 heterocycles. The number of anilines is 1. The molecule has 2 aromatic rings. The second-order valence-corrected chi connectivity index (χ2v) is 5.72. The number of rotatable bonds is 2. The van der Waals surface area contributed by atoms with Gasteiger partial charge in [-0.3, -0.25) is 5.32 Å². The second-order valence-electron chi connectivity index (χ2n) is 5.72. The van der Waals surface area contributed by atoms with E-state index in [-0.39, 0.29) is 5.41 Å². The first-order chi connectivity index (χ1) is 9.36. The van der Waals surface area contributed by atoms with Crippen molar-refractivity contribution in [3.8, 4) is 11.3 Å². The lowest BCUT2D eigenvalue weighted by molar-refractivity contribution is 0.259. The van der Waals surface area contributed by atoms with Crippen LogP contribution >= 0.6 is 0 Å². The molecule has 20 heavy (non-hydrogen) atoms. The van der Waals surface area contributed by atoms with Gasteiger partial charge in [0.05, 0.1) is 5.69 Å². The number of urea groups is 1. The smallest absolute Gasteiger partial charge is 0.317 e. The fourth-order valence-electron chi connectivity index (χ4n) is 1.93. The number of nitrogens with one attached hydrogen (secondary N) is 1. The number of primary amides is 1. The van der Waals surface area contributed by atoms with Crippen molar-refractivity contribution in [1.82, 2.24) is 4.98 Å². The van der Waals surface area contributed by atoms with Crippen LogP contribution in [0.2, 0.25) is 0 Å². The van der Waals surface area contributed by atoms with Crippen molar-refractivity contribution < 1.29 is 4.79 Å². The third-order valence-corrected chi connectivity index (χ3v) is 3.05. The first-order valence-corrected chi connectivity index (χ1v) is 6.51. The number of pyridine rings is 1. The monoisotopic (exact) mass is 269 g/mol. The average molecular weight is 269 g/mol. The van der Waals surface area contributed by atoms with Gasteiger partial charge in [0.1, 0.15) is 5.82 Å². The first kappa shape index (κ1) is 14.1. The zero-order valence-corrected chi connectivity index (χ0v) is 12.0. The van der Waals surface area contributed by atoms with Crippen molar-refractivity contribution in [3.05, 3.63) is 48.0 Å². The SMILES string of the molecule is CC(C)(C)c1ccc(-c2cccc(NC(N)=O)n2)cc1. The highest BCUT2D eigenvalue weighted by molar-refractivity contribution is 5.87. The van der Waals surface area contributed by atoms with Crippen molar-refractivity contribution in [3.63, 3.8) is 0 Å². The summed E-state index contributed by atoms with van der Waals surface area (Å²) in [5, 5.41) is 2.48. The number of amides is 2. The lowest BCUT2D eigenvalue weighted by atomic mass is 9.86. The van der Waals surface area contributed by atoms with Crippen LogP contribution in [-0.2, 0) is 5.41 Å². The van der Waals surface area contributed by atoms with Crippen LogP contribution in [0.25, 0.3) is 11.3 Å². The molecule has 1 aromatic carbocycles. The predicted molar refractivity (Wildman–Crippen MR) is 81.6 cm³/mol. The third-order valence-electron chi connectivity index (χ3n) is 3.05. The summed E-state index contributed by atoms with van der Waals surface area (Å²) in [6, 6.07) is 13.1. The normalized spacial score (nSPS) is 11.2. The Morgan fingerprint density at radius 1 is 1.10 bits per heavy atom. The Morgan fingerprint density at radius 2 is 1.75 bits per heavy atom. The molecule has 0 aliphatic heterocycles. The van der Waals surface area contributed by atoms with Crippen molar-refractivity contribution >= 4 is 11.8 Å². The molecule has 0 fully saturated rings. The van der Waals surface area contributed by atoms with E-state index in [4.69, 9.17) is 5.73 Å². The molecular formula is C16H19N3O. The van der Waals surface area contributed by atoms with Crippen LogP contribution in [0.3, 0.4) is 0 Å². The first-order valence-electron chi connectivity index (χ1n) is 6.51. The van der Waals surface area contributed by atoms with E-state index in [1.807, 2.05) is 24.3 Å². The molecule has 0 atom stereocenters. The van der Waals surface area contributed by atoms with Gasteiger partial charge in [0.15, 0.2) is 0 Å². The van der Waals surface area contributed by atoms with E-state index in [0.717, 1.165) is 11.3 Å². The molecule has 4 nitrogen and oxygen atoms in total. The van der Waals surface area contributed by atoms with Gasteiger partial charge in [-0.05, 0) is 23.1 Å². The third kappa shape index (κ3) is 3.35. The zero-order chi connectivity index (χ0) is 14.8. The quantitative estimate of drug-likeness (QED) is 0.875. The Labute approximate surface area is 119 Å². The molecule has 2 rings (SSSR count). The van der Waals surface area contributed by atoms with Crippen molar-refractivity contribution in [1.29, 1.82) is 0 Å². The van der Waals surface area contributed by atoms with Gasteiger partial charge < -0.3 is 5.73 Å². The molecule has 0 aliphatic carbocycles. The van der Waals surface area contributed by atoms with Gasteiger partial charge >= 0.3 is 6.03 Å². The largest absolute Gasteiger partial charge is 0.351 e. The molecule has 1 aromatic heterocycles. The number of nitrogens with zero attached hydrogens (tertiary/aromatic N) is 1. The van der Waals surface area contributed by atoms with Crippen LogP contribution in [-0.4, -0.2) is 11.0 Å². The van der Waals surface area contributed by atoms with Crippen molar-refractivity contribution in [2.45, 2.75) is 26.2 Å². The molecule has 0 radical (unpaired) electrons. The molecule has 0 spiro atoms. The Hall–Kier alpha value is -2.36. The Morgan fingerprint density at radius 3 is 2.30 bits per heavy atom. The predicted octanol–water partition coefficient (Wildman–Crippen LogP) is 3.54. The number of nitrogens with two attached hydrogens (primary N) is 1. The van der Waals surface area contributed by atoms with Gasteiger partial charge in [-0.2, -0.15) is 0 Å². The summed E-state index contributed by atoms with van der Waals surface area (Å²) in [5.74, 6) is 0.454. The molecule has 0 saturated carbocycles. The molecule has 2 amide bonds. The van der Waals surface area contributed by atoms with Gasteiger partial charge in [-0.1, -0.05) is 51.1 Å². The van der Waals surface area contributed by atoms with Crippen LogP contribution in [0.5, 0.6) is 0 Å². The maximum Gasteiger partial charge on any atom is 0.317 e. The summed E-state index contributed by atoms with van der Waals surface area (Å²) in [7, 11) is 0.